The maximum absolute atomic E-state index is 10.8. The molecule has 0 fully saturated rings. The molecular weight excluding hydrogens is 238 g/mol. The molecule has 0 bridgehead atoms. The van der Waals surface area contributed by atoms with Gasteiger partial charge < -0.3 is 9.30 Å². The Morgan fingerprint density at radius 3 is 2.84 bits per heavy atom. The van der Waals surface area contributed by atoms with E-state index >= 15 is 0 Å². The van der Waals surface area contributed by atoms with Gasteiger partial charge in [-0.05, 0) is 49.6 Å². The van der Waals surface area contributed by atoms with Crippen LogP contribution in [0.3, 0.4) is 0 Å². The second-order valence-corrected chi connectivity index (χ2v) is 4.64. The van der Waals surface area contributed by atoms with Crippen molar-refractivity contribution in [2.24, 2.45) is 0 Å². The predicted molar refractivity (Wildman–Crippen MR) is 75.8 cm³/mol. The van der Waals surface area contributed by atoms with Crippen molar-refractivity contribution in [3.8, 4) is 5.75 Å². The minimum absolute atomic E-state index is 0.654. The molecule has 0 atom stereocenters. The van der Waals surface area contributed by atoms with E-state index in [1.165, 1.54) is 11.1 Å². The number of aromatic nitrogens is 1. The number of carbonyl (C=O) groups is 1. The molecule has 0 saturated carbocycles. The summed E-state index contributed by atoms with van der Waals surface area (Å²) in [7, 11) is 0. The van der Waals surface area contributed by atoms with E-state index in [4.69, 9.17) is 4.74 Å². The number of aldehydes is 1. The summed E-state index contributed by atoms with van der Waals surface area (Å²) in [5.74, 6) is 0.947. The van der Waals surface area contributed by atoms with Crippen LogP contribution in [0.25, 0.3) is 0 Å². The van der Waals surface area contributed by atoms with Crippen LogP contribution in [-0.4, -0.2) is 17.5 Å². The van der Waals surface area contributed by atoms with Crippen molar-refractivity contribution in [3.05, 3.63) is 53.3 Å². The van der Waals surface area contributed by atoms with Crippen molar-refractivity contribution in [1.82, 2.24) is 4.57 Å². The fourth-order valence-corrected chi connectivity index (χ4v) is 2.04. The van der Waals surface area contributed by atoms with Crippen LogP contribution in [0.1, 0.15) is 28.0 Å². The molecule has 19 heavy (non-hydrogen) atoms. The Labute approximate surface area is 113 Å². The van der Waals surface area contributed by atoms with Gasteiger partial charge >= 0.3 is 0 Å². The van der Waals surface area contributed by atoms with Gasteiger partial charge in [0.2, 0.25) is 0 Å². The van der Waals surface area contributed by atoms with Crippen LogP contribution in [-0.2, 0) is 6.54 Å². The molecule has 0 radical (unpaired) electrons. The van der Waals surface area contributed by atoms with Crippen molar-refractivity contribution < 1.29 is 9.53 Å². The SMILES string of the molecule is Cc1cccc(OCCCn2cccc2C=O)c1C. The first-order valence-electron chi connectivity index (χ1n) is 6.51. The third-order valence-corrected chi connectivity index (χ3v) is 3.34. The fourth-order valence-electron chi connectivity index (χ4n) is 2.04. The van der Waals surface area contributed by atoms with Gasteiger partial charge in [0.25, 0.3) is 0 Å². The van der Waals surface area contributed by atoms with Crippen LogP contribution in [0.2, 0.25) is 0 Å². The van der Waals surface area contributed by atoms with E-state index in [1.54, 1.807) is 0 Å². The highest BCUT2D eigenvalue weighted by Gasteiger charge is 2.02. The second-order valence-electron chi connectivity index (χ2n) is 4.64. The molecule has 0 N–H and O–H groups in total. The number of rotatable bonds is 6. The molecule has 0 unspecified atom stereocenters. The summed E-state index contributed by atoms with van der Waals surface area (Å²) in [6, 6.07) is 9.79. The summed E-state index contributed by atoms with van der Waals surface area (Å²) in [6.45, 7) is 5.60. The van der Waals surface area contributed by atoms with Gasteiger partial charge in [-0.15, -0.1) is 0 Å². The molecule has 0 amide bonds. The van der Waals surface area contributed by atoms with Gasteiger partial charge in [0.15, 0.2) is 6.29 Å². The fraction of sp³-hybridized carbons (Fsp3) is 0.312. The highest BCUT2D eigenvalue weighted by molar-refractivity contribution is 5.72. The summed E-state index contributed by atoms with van der Waals surface area (Å²) in [6.07, 6.45) is 3.68. The molecule has 0 aliphatic carbocycles. The van der Waals surface area contributed by atoms with Gasteiger partial charge in [-0.25, -0.2) is 0 Å². The number of hydrogen-bond acceptors (Lipinski definition) is 2. The van der Waals surface area contributed by atoms with Gasteiger partial charge in [0.05, 0.1) is 12.3 Å². The first-order chi connectivity index (χ1) is 9.22. The standard InChI is InChI=1S/C16H19NO2/c1-13-6-3-8-16(14(13)2)19-11-5-10-17-9-4-7-15(17)12-18/h3-4,6-9,12H,5,10-11H2,1-2H3. The lowest BCUT2D eigenvalue weighted by Gasteiger charge is -2.11. The van der Waals surface area contributed by atoms with Crippen molar-refractivity contribution in [3.63, 3.8) is 0 Å². The summed E-state index contributed by atoms with van der Waals surface area (Å²) in [4.78, 5) is 10.8. The van der Waals surface area contributed by atoms with Crippen LogP contribution in [0.4, 0.5) is 0 Å². The topological polar surface area (TPSA) is 31.2 Å². The van der Waals surface area contributed by atoms with Crippen LogP contribution in [0.15, 0.2) is 36.5 Å². The first-order valence-corrected chi connectivity index (χ1v) is 6.51. The molecule has 1 aromatic heterocycles. The van der Waals surface area contributed by atoms with Crippen molar-refractivity contribution >= 4 is 6.29 Å². The van der Waals surface area contributed by atoms with Crippen LogP contribution < -0.4 is 4.74 Å². The Bertz CT molecular complexity index is 558. The van der Waals surface area contributed by atoms with Gasteiger partial charge in [-0.3, -0.25) is 4.79 Å². The average molecular weight is 257 g/mol. The van der Waals surface area contributed by atoms with E-state index in [9.17, 15) is 4.79 Å². The van der Waals surface area contributed by atoms with Crippen LogP contribution in [0.5, 0.6) is 5.75 Å². The number of benzene rings is 1. The Kier molecular flexibility index (Phi) is 4.39. The van der Waals surface area contributed by atoms with Gasteiger partial charge in [0.1, 0.15) is 5.75 Å². The van der Waals surface area contributed by atoms with Gasteiger partial charge in [-0.1, -0.05) is 12.1 Å². The molecule has 3 nitrogen and oxygen atoms in total. The van der Waals surface area contributed by atoms with E-state index in [1.807, 2.05) is 35.0 Å². The Hall–Kier alpha value is -2.03. The smallest absolute Gasteiger partial charge is 0.166 e. The largest absolute Gasteiger partial charge is 0.493 e. The lowest BCUT2D eigenvalue weighted by atomic mass is 10.1. The maximum Gasteiger partial charge on any atom is 0.166 e. The lowest BCUT2D eigenvalue weighted by Crippen LogP contribution is -2.06. The summed E-state index contributed by atoms with van der Waals surface area (Å²) >= 11 is 0. The molecule has 2 rings (SSSR count). The van der Waals surface area contributed by atoms with E-state index in [0.717, 1.165) is 25.0 Å². The highest BCUT2D eigenvalue weighted by atomic mass is 16.5. The monoisotopic (exact) mass is 257 g/mol. The first kappa shape index (κ1) is 13.4. The zero-order valence-corrected chi connectivity index (χ0v) is 11.4. The van der Waals surface area contributed by atoms with E-state index < -0.39 is 0 Å². The van der Waals surface area contributed by atoms with E-state index in [0.29, 0.717) is 12.3 Å². The van der Waals surface area contributed by atoms with Gasteiger partial charge in [0, 0.05) is 12.7 Å². The molecule has 3 heteroatoms. The maximum atomic E-state index is 10.8. The van der Waals surface area contributed by atoms with Crippen molar-refractivity contribution in [2.75, 3.05) is 6.61 Å². The quantitative estimate of drug-likeness (QED) is 0.586. The van der Waals surface area contributed by atoms with E-state index in [2.05, 4.69) is 19.9 Å². The molecule has 0 saturated heterocycles. The zero-order valence-electron chi connectivity index (χ0n) is 11.4. The number of nitrogens with zero attached hydrogens (tertiary/aromatic N) is 1. The van der Waals surface area contributed by atoms with Crippen LogP contribution in [0, 0.1) is 13.8 Å². The zero-order chi connectivity index (χ0) is 13.7. The number of hydrogen-bond donors (Lipinski definition) is 0. The van der Waals surface area contributed by atoms with E-state index in [-0.39, 0.29) is 0 Å². The minimum Gasteiger partial charge on any atom is -0.493 e. The Morgan fingerprint density at radius 1 is 1.21 bits per heavy atom. The van der Waals surface area contributed by atoms with Crippen molar-refractivity contribution in [2.45, 2.75) is 26.8 Å². The molecule has 2 aromatic rings. The second kappa shape index (κ2) is 6.23. The normalized spacial score (nSPS) is 10.4. The number of aryl methyl sites for hydroxylation is 2. The third kappa shape index (κ3) is 3.25. The van der Waals surface area contributed by atoms with Crippen molar-refractivity contribution in [1.29, 1.82) is 0 Å². The van der Waals surface area contributed by atoms with Gasteiger partial charge in [-0.2, -0.15) is 0 Å². The average Bonchev–Trinajstić information content (AvgIpc) is 2.86. The Morgan fingerprint density at radius 2 is 2.05 bits per heavy atom. The molecule has 0 aliphatic rings. The molecule has 1 aromatic carbocycles. The minimum atomic E-state index is 0.654. The molecule has 1 heterocycles. The number of carbonyl (C=O) groups excluding carboxylic acids is 1. The molecule has 100 valence electrons. The molecule has 0 spiro atoms. The molecular formula is C16H19NO2. The lowest BCUT2D eigenvalue weighted by molar-refractivity contribution is 0.111. The molecule has 0 aliphatic heterocycles. The predicted octanol–water partition coefficient (Wildman–Crippen LogP) is 3.39. The summed E-state index contributed by atoms with van der Waals surface area (Å²) < 4.78 is 7.73. The summed E-state index contributed by atoms with van der Waals surface area (Å²) in [5.41, 5.74) is 3.15. The highest BCUT2D eigenvalue weighted by Crippen LogP contribution is 2.20. The van der Waals surface area contributed by atoms with Crippen LogP contribution >= 0.6 is 0 Å². The number of ether oxygens (including phenoxy) is 1. The third-order valence-electron chi connectivity index (χ3n) is 3.34. The summed E-state index contributed by atoms with van der Waals surface area (Å²) in [5, 5.41) is 0. The Balaban J connectivity index is 1.84.